The number of ketones is 1. The van der Waals surface area contributed by atoms with E-state index in [-0.39, 0.29) is 17.8 Å². The van der Waals surface area contributed by atoms with Crippen molar-refractivity contribution in [3.63, 3.8) is 0 Å². The molecule has 1 aromatic carbocycles. The van der Waals surface area contributed by atoms with Gasteiger partial charge in [-0.15, -0.1) is 0 Å². The highest BCUT2D eigenvalue weighted by Gasteiger charge is 2.13. The molecule has 78 valence electrons. The summed E-state index contributed by atoms with van der Waals surface area (Å²) in [6, 6.07) is 6.76. The molecule has 0 fully saturated rings. The van der Waals surface area contributed by atoms with Crippen LogP contribution in [0.5, 0.6) is 0 Å². The molecule has 0 amide bonds. The zero-order valence-corrected chi connectivity index (χ0v) is 9.45. The molecule has 0 unspecified atom stereocenters. The summed E-state index contributed by atoms with van der Waals surface area (Å²) in [7, 11) is 0. The molecule has 0 saturated carbocycles. The summed E-state index contributed by atoms with van der Waals surface area (Å²) in [4.78, 5) is 22.0. The van der Waals surface area contributed by atoms with Gasteiger partial charge in [0.05, 0.1) is 6.42 Å². The van der Waals surface area contributed by atoms with Gasteiger partial charge in [-0.2, -0.15) is 0 Å². The molecule has 0 bridgehead atoms. The average molecular weight is 269 g/mol. The topological polar surface area (TPSA) is 54.4 Å². The van der Waals surface area contributed by atoms with Gasteiger partial charge in [0.25, 0.3) is 0 Å². The first kappa shape index (κ1) is 11.7. The molecule has 1 N–H and O–H groups in total. The monoisotopic (exact) mass is 268 g/mol. The molecule has 0 aromatic heterocycles. The molecule has 0 spiro atoms. The Labute approximate surface area is 95.6 Å². The minimum Gasteiger partial charge on any atom is -0.481 e. The fourth-order valence-corrected chi connectivity index (χ4v) is 1.50. The van der Waals surface area contributed by atoms with Crippen molar-refractivity contribution in [2.45, 2.75) is 6.42 Å². The van der Waals surface area contributed by atoms with Crippen LogP contribution in [0.2, 0.25) is 0 Å². The Morgan fingerprint density at radius 3 is 2.60 bits per heavy atom. The summed E-state index contributed by atoms with van der Waals surface area (Å²) in [6.45, 7) is 3.46. The standard InChI is InChI=1S/C11H9BrO3/c1-7(5-10(13)14)11(15)8-3-2-4-9(12)6-8/h2-4,6H,1,5H2,(H,13,14). The normalized spacial score (nSPS) is 9.67. The molecule has 0 aliphatic carbocycles. The van der Waals surface area contributed by atoms with Gasteiger partial charge in [0.1, 0.15) is 0 Å². The highest BCUT2D eigenvalue weighted by atomic mass is 79.9. The van der Waals surface area contributed by atoms with Gasteiger partial charge in [-0.05, 0) is 12.1 Å². The van der Waals surface area contributed by atoms with Crippen LogP contribution in [0, 0.1) is 0 Å². The van der Waals surface area contributed by atoms with Crippen LogP contribution in [-0.4, -0.2) is 16.9 Å². The summed E-state index contributed by atoms with van der Waals surface area (Å²) in [5.41, 5.74) is 0.524. The fraction of sp³-hybridized carbons (Fsp3) is 0.0909. The highest BCUT2D eigenvalue weighted by Crippen LogP contribution is 2.15. The number of carbonyl (C=O) groups is 2. The van der Waals surface area contributed by atoms with Gasteiger partial charge in [-0.1, -0.05) is 34.6 Å². The van der Waals surface area contributed by atoms with E-state index in [1.165, 1.54) is 0 Å². The largest absolute Gasteiger partial charge is 0.481 e. The lowest BCUT2D eigenvalue weighted by Gasteiger charge is -2.02. The van der Waals surface area contributed by atoms with Gasteiger partial charge in [0.15, 0.2) is 5.78 Å². The third-order valence-electron chi connectivity index (χ3n) is 1.77. The Balaban J connectivity index is 2.85. The Kier molecular flexibility index (Phi) is 3.80. The second-order valence-electron chi connectivity index (χ2n) is 3.01. The smallest absolute Gasteiger partial charge is 0.307 e. The maximum absolute atomic E-state index is 11.6. The van der Waals surface area contributed by atoms with Crippen molar-refractivity contribution in [3.8, 4) is 0 Å². The number of Topliss-reactive ketones (excluding diaryl/α,β-unsaturated/α-hetero) is 1. The molecule has 4 heteroatoms. The van der Waals surface area contributed by atoms with E-state index in [9.17, 15) is 9.59 Å². The number of benzene rings is 1. The first-order chi connectivity index (χ1) is 7.00. The summed E-state index contributed by atoms with van der Waals surface area (Å²) in [6.07, 6.45) is -0.328. The number of hydrogen-bond acceptors (Lipinski definition) is 2. The van der Waals surface area contributed by atoms with E-state index < -0.39 is 5.97 Å². The van der Waals surface area contributed by atoms with Crippen molar-refractivity contribution < 1.29 is 14.7 Å². The van der Waals surface area contributed by atoms with Crippen LogP contribution in [0.1, 0.15) is 16.8 Å². The van der Waals surface area contributed by atoms with Crippen molar-refractivity contribution in [3.05, 3.63) is 46.5 Å². The van der Waals surface area contributed by atoms with E-state index in [0.717, 1.165) is 4.47 Å². The second-order valence-corrected chi connectivity index (χ2v) is 3.93. The van der Waals surface area contributed by atoms with Gasteiger partial charge in [0, 0.05) is 15.6 Å². The lowest BCUT2D eigenvalue weighted by molar-refractivity contribution is -0.136. The number of carbonyl (C=O) groups excluding carboxylic acids is 1. The van der Waals surface area contributed by atoms with Crippen LogP contribution in [0.3, 0.4) is 0 Å². The number of hydrogen-bond donors (Lipinski definition) is 1. The fourth-order valence-electron chi connectivity index (χ4n) is 1.10. The predicted octanol–water partition coefficient (Wildman–Crippen LogP) is 2.66. The molecule has 3 nitrogen and oxygen atoms in total. The summed E-state index contributed by atoms with van der Waals surface area (Å²) < 4.78 is 0.775. The molecular weight excluding hydrogens is 260 g/mol. The summed E-state index contributed by atoms with van der Waals surface area (Å²) >= 11 is 3.23. The minimum absolute atomic E-state index is 0.0839. The van der Waals surface area contributed by atoms with Crippen LogP contribution in [0.4, 0.5) is 0 Å². The highest BCUT2D eigenvalue weighted by molar-refractivity contribution is 9.10. The molecule has 0 atom stereocenters. The zero-order valence-electron chi connectivity index (χ0n) is 7.87. The van der Waals surface area contributed by atoms with E-state index in [4.69, 9.17) is 5.11 Å². The molecule has 0 aliphatic heterocycles. The Hall–Kier alpha value is -1.42. The number of rotatable bonds is 4. The first-order valence-corrected chi connectivity index (χ1v) is 5.00. The number of aliphatic carboxylic acids is 1. The van der Waals surface area contributed by atoms with E-state index in [0.29, 0.717) is 5.56 Å². The number of halogens is 1. The summed E-state index contributed by atoms with van der Waals surface area (Å²) in [5.74, 6) is -1.39. The van der Waals surface area contributed by atoms with Crippen LogP contribution < -0.4 is 0 Å². The lowest BCUT2D eigenvalue weighted by Crippen LogP contribution is -2.07. The Morgan fingerprint density at radius 2 is 2.07 bits per heavy atom. The first-order valence-electron chi connectivity index (χ1n) is 4.20. The molecule has 0 saturated heterocycles. The van der Waals surface area contributed by atoms with Crippen molar-refractivity contribution in [2.75, 3.05) is 0 Å². The van der Waals surface area contributed by atoms with Gasteiger partial charge in [0.2, 0.25) is 0 Å². The van der Waals surface area contributed by atoms with Crippen LogP contribution in [0.25, 0.3) is 0 Å². The van der Waals surface area contributed by atoms with Crippen LogP contribution in [0.15, 0.2) is 40.9 Å². The van der Waals surface area contributed by atoms with Gasteiger partial charge < -0.3 is 5.11 Å². The number of carboxylic acids is 1. The number of carboxylic acid groups (broad SMARTS) is 1. The minimum atomic E-state index is -1.05. The molecule has 15 heavy (non-hydrogen) atoms. The SMILES string of the molecule is C=C(CC(=O)O)C(=O)c1cccc(Br)c1. The van der Waals surface area contributed by atoms with E-state index >= 15 is 0 Å². The average Bonchev–Trinajstić information content (AvgIpc) is 2.15. The van der Waals surface area contributed by atoms with Gasteiger partial charge in [-0.3, -0.25) is 9.59 Å². The van der Waals surface area contributed by atoms with Crippen molar-refractivity contribution in [1.29, 1.82) is 0 Å². The molecule has 0 aliphatic rings. The van der Waals surface area contributed by atoms with Crippen LogP contribution in [-0.2, 0) is 4.79 Å². The molecular formula is C11H9BrO3. The van der Waals surface area contributed by atoms with Crippen molar-refractivity contribution in [1.82, 2.24) is 0 Å². The quantitative estimate of drug-likeness (QED) is 0.675. The Morgan fingerprint density at radius 1 is 1.40 bits per heavy atom. The van der Waals surface area contributed by atoms with Crippen molar-refractivity contribution in [2.24, 2.45) is 0 Å². The molecule has 0 heterocycles. The van der Waals surface area contributed by atoms with Gasteiger partial charge >= 0.3 is 5.97 Å². The lowest BCUT2D eigenvalue weighted by atomic mass is 10.0. The van der Waals surface area contributed by atoms with Crippen molar-refractivity contribution >= 4 is 27.7 Å². The Bertz CT molecular complexity index is 424. The summed E-state index contributed by atoms with van der Waals surface area (Å²) in [5, 5.41) is 8.51. The second kappa shape index (κ2) is 4.89. The third kappa shape index (κ3) is 3.32. The maximum Gasteiger partial charge on any atom is 0.307 e. The van der Waals surface area contributed by atoms with E-state index in [1.807, 2.05) is 0 Å². The third-order valence-corrected chi connectivity index (χ3v) is 2.27. The van der Waals surface area contributed by atoms with Crippen LogP contribution >= 0.6 is 15.9 Å². The van der Waals surface area contributed by atoms with E-state index in [2.05, 4.69) is 22.5 Å². The molecule has 1 rings (SSSR count). The molecule has 1 aromatic rings. The van der Waals surface area contributed by atoms with Gasteiger partial charge in [-0.25, -0.2) is 0 Å². The maximum atomic E-state index is 11.6. The van der Waals surface area contributed by atoms with E-state index in [1.54, 1.807) is 24.3 Å². The predicted molar refractivity (Wildman–Crippen MR) is 59.9 cm³/mol. The zero-order chi connectivity index (χ0) is 11.4. The molecule has 0 radical (unpaired) electrons.